The van der Waals surface area contributed by atoms with Crippen LogP contribution in [0.15, 0.2) is 35.3 Å². The number of benzene rings is 1. The van der Waals surface area contributed by atoms with Crippen molar-refractivity contribution < 1.29 is 14.3 Å². The van der Waals surface area contributed by atoms with Gasteiger partial charge in [-0.05, 0) is 6.07 Å². The molecule has 2 aromatic rings. The van der Waals surface area contributed by atoms with E-state index >= 15 is 0 Å². The molecule has 1 N–H and O–H groups in total. The predicted molar refractivity (Wildman–Crippen MR) is 89.0 cm³/mol. The van der Waals surface area contributed by atoms with Gasteiger partial charge in [0.15, 0.2) is 0 Å². The molecule has 0 aliphatic carbocycles. The van der Waals surface area contributed by atoms with E-state index in [0.29, 0.717) is 35.8 Å². The Morgan fingerprint density at radius 3 is 2.67 bits per heavy atom. The van der Waals surface area contributed by atoms with Gasteiger partial charge >= 0.3 is 6.09 Å². The second kappa shape index (κ2) is 6.35. The molecule has 7 nitrogen and oxygen atoms in total. The first-order chi connectivity index (χ1) is 11.5. The lowest BCUT2D eigenvalue weighted by molar-refractivity contribution is 0.0666. The number of H-pyrrole nitrogens is 1. The molecule has 2 heterocycles. The zero-order valence-corrected chi connectivity index (χ0v) is 13.6. The summed E-state index contributed by atoms with van der Waals surface area (Å²) in [7, 11) is 3.24. The number of carbonyl (C=O) groups excluding carboxylic acids is 2. The zero-order chi connectivity index (χ0) is 17.3. The number of nitrogens with one attached hydrogen (secondary N) is 1. The zero-order valence-electron chi connectivity index (χ0n) is 13.6. The first-order valence-electron chi connectivity index (χ1n) is 7.75. The number of nitrogens with zero attached hydrogens (tertiary/aromatic N) is 2. The van der Waals surface area contributed by atoms with Crippen LogP contribution in [0.3, 0.4) is 0 Å². The van der Waals surface area contributed by atoms with Crippen molar-refractivity contribution in [3.05, 3.63) is 46.4 Å². The molecule has 1 unspecified atom stereocenters. The summed E-state index contributed by atoms with van der Waals surface area (Å²) in [5.41, 5.74) is 0.228. The highest BCUT2D eigenvalue weighted by Gasteiger charge is 2.30. The Morgan fingerprint density at radius 1 is 1.25 bits per heavy atom. The molecule has 1 aliphatic rings. The molecule has 1 saturated heterocycles. The van der Waals surface area contributed by atoms with Crippen LogP contribution >= 0.6 is 0 Å². The molecule has 1 fully saturated rings. The molecule has 0 radical (unpaired) electrons. The van der Waals surface area contributed by atoms with Crippen LogP contribution < -0.4 is 5.56 Å². The lowest BCUT2D eigenvalue weighted by Crippen LogP contribution is -2.33. The maximum Gasteiger partial charge on any atom is 0.409 e. The quantitative estimate of drug-likeness (QED) is 0.904. The number of hydrogen-bond donors (Lipinski definition) is 1. The van der Waals surface area contributed by atoms with Crippen molar-refractivity contribution in [1.82, 2.24) is 14.8 Å². The van der Waals surface area contributed by atoms with Crippen LogP contribution in [0.2, 0.25) is 0 Å². The summed E-state index contributed by atoms with van der Waals surface area (Å²) in [6.07, 6.45) is 1.33. The monoisotopic (exact) mass is 329 g/mol. The Hall–Kier alpha value is -2.83. The molecule has 1 aliphatic heterocycles. The summed E-state index contributed by atoms with van der Waals surface area (Å²) in [5, 5.41) is 1.11. The summed E-state index contributed by atoms with van der Waals surface area (Å²) in [6, 6.07) is 7.01. The fourth-order valence-electron chi connectivity index (χ4n) is 2.81. The van der Waals surface area contributed by atoms with Crippen LogP contribution in [0.25, 0.3) is 10.8 Å². The van der Waals surface area contributed by atoms with E-state index in [2.05, 4.69) is 4.98 Å². The fourth-order valence-corrected chi connectivity index (χ4v) is 2.81. The standard InChI is InChI=1S/C17H19N3O4/c1-19(2)17(23)24-11-7-8-20(10-11)16(22)14-9-18-15(21)13-6-4-3-5-12(13)14/h3-6,9,11H,7-8,10H2,1-2H3,(H,18,21). The van der Waals surface area contributed by atoms with Crippen LogP contribution in [0.5, 0.6) is 0 Å². The van der Waals surface area contributed by atoms with Gasteiger partial charge in [0.25, 0.3) is 11.5 Å². The van der Waals surface area contributed by atoms with Crippen molar-refractivity contribution in [2.24, 2.45) is 0 Å². The lowest BCUT2D eigenvalue weighted by atomic mass is 10.1. The van der Waals surface area contributed by atoms with Crippen LogP contribution in [0, 0.1) is 0 Å². The third-order valence-electron chi connectivity index (χ3n) is 4.10. The van der Waals surface area contributed by atoms with E-state index in [0.717, 1.165) is 0 Å². The van der Waals surface area contributed by atoms with Gasteiger partial charge in [0.1, 0.15) is 6.10 Å². The molecule has 0 spiro atoms. The minimum absolute atomic E-state index is 0.175. The molecule has 126 valence electrons. The van der Waals surface area contributed by atoms with Gasteiger partial charge in [-0.2, -0.15) is 0 Å². The van der Waals surface area contributed by atoms with E-state index in [-0.39, 0.29) is 17.6 Å². The minimum Gasteiger partial charge on any atom is -0.444 e. The number of fused-ring (bicyclic) bond motifs is 1. The van der Waals surface area contributed by atoms with Crippen molar-refractivity contribution in [3.8, 4) is 0 Å². The Labute approximate surface area is 138 Å². The molecular formula is C17H19N3O4. The molecule has 0 bridgehead atoms. The van der Waals surface area contributed by atoms with Gasteiger partial charge in [-0.25, -0.2) is 4.79 Å². The predicted octanol–water partition coefficient (Wildman–Crippen LogP) is 1.44. The number of rotatable bonds is 2. The van der Waals surface area contributed by atoms with Crippen LogP contribution in [0.4, 0.5) is 4.79 Å². The number of carbonyl (C=O) groups is 2. The van der Waals surface area contributed by atoms with Crippen molar-refractivity contribution >= 4 is 22.8 Å². The molecule has 3 rings (SSSR count). The van der Waals surface area contributed by atoms with Gasteiger partial charge in [-0.3, -0.25) is 9.59 Å². The summed E-state index contributed by atoms with van der Waals surface area (Å²) < 4.78 is 5.33. The molecule has 7 heteroatoms. The summed E-state index contributed by atoms with van der Waals surface area (Å²) >= 11 is 0. The van der Waals surface area contributed by atoms with E-state index in [9.17, 15) is 14.4 Å². The van der Waals surface area contributed by atoms with Crippen molar-refractivity contribution in [3.63, 3.8) is 0 Å². The number of amides is 2. The smallest absolute Gasteiger partial charge is 0.409 e. The van der Waals surface area contributed by atoms with Crippen LogP contribution in [0.1, 0.15) is 16.8 Å². The third kappa shape index (κ3) is 2.97. The SMILES string of the molecule is CN(C)C(=O)OC1CCN(C(=O)c2c[nH]c(=O)c3ccccc23)C1. The summed E-state index contributed by atoms with van der Waals surface area (Å²) in [6.45, 7) is 0.865. The molecule has 0 saturated carbocycles. The highest BCUT2D eigenvalue weighted by molar-refractivity contribution is 6.06. The molecule has 1 atom stereocenters. The maximum absolute atomic E-state index is 12.8. The lowest BCUT2D eigenvalue weighted by Gasteiger charge is -2.19. The Bertz CT molecular complexity index is 843. The van der Waals surface area contributed by atoms with Gasteiger partial charge < -0.3 is 19.5 Å². The second-order valence-electron chi connectivity index (χ2n) is 6.02. The van der Waals surface area contributed by atoms with E-state index in [1.165, 1.54) is 11.1 Å². The number of hydrogen-bond acceptors (Lipinski definition) is 4. The van der Waals surface area contributed by atoms with Crippen LogP contribution in [-0.4, -0.2) is 60.1 Å². The normalized spacial score (nSPS) is 17.1. The Balaban J connectivity index is 1.80. The molecule has 1 aromatic carbocycles. The third-order valence-corrected chi connectivity index (χ3v) is 4.10. The molecule has 24 heavy (non-hydrogen) atoms. The minimum atomic E-state index is -0.413. The molecule has 2 amide bonds. The highest BCUT2D eigenvalue weighted by Crippen LogP contribution is 2.20. The Kier molecular flexibility index (Phi) is 4.24. The maximum atomic E-state index is 12.8. The second-order valence-corrected chi connectivity index (χ2v) is 6.02. The van der Waals surface area contributed by atoms with E-state index in [1.54, 1.807) is 43.3 Å². The number of ether oxygens (including phenoxy) is 1. The number of aromatic amines is 1. The van der Waals surface area contributed by atoms with Gasteiger partial charge in [0.05, 0.1) is 12.1 Å². The first-order valence-corrected chi connectivity index (χ1v) is 7.75. The van der Waals surface area contributed by atoms with E-state index < -0.39 is 6.09 Å². The number of likely N-dealkylation sites (tertiary alicyclic amines) is 1. The first kappa shape index (κ1) is 16.0. The summed E-state index contributed by atoms with van der Waals surface area (Å²) in [5.74, 6) is -0.175. The molecule has 1 aromatic heterocycles. The summed E-state index contributed by atoms with van der Waals surface area (Å²) in [4.78, 5) is 41.9. The largest absolute Gasteiger partial charge is 0.444 e. The number of aromatic nitrogens is 1. The van der Waals surface area contributed by atoms with Crippen molar-refractivity contribution in [2.45, 2.75) is 12.5 Å². The molecular weight excluding hydrogens is 310 g/mol. The average molecular weight is 329 g/mol. The van der Waals surface area contributed by atoms with Gasteiger partial charge in [0, 0.05) is 44.0 Å². The number of pyridine rings is 1. The average Bonchev–Trinajstić information content (AvgIpc) is 3.03. The van der Waals surface area contributed by atoms with E-state index in [1.807, 2.05) is 0 Å². The topological polar surface area (TPSA) is 82.7 Å². The fraction of sp³-hybridized carbons (Fsp3) is 0.353. The van der Waals surface area contributed by atoms with Crippen LogP contribution in [-0.2, 0) is 4.74 Å². The van der Waals surface area contributed by atoms with E-state index in [4.69, 9.17) is 4.74 Å². The van der Waals surface area contributed by atoms with Crippen molar-refractivity contribution in [2.75, 3.05) is 27.2 Å². The van der Waals surface area contributed by atoms with Crippen molar-refractivity contribution in [1.29, 1.82) is 0 Å². The Morgan fingerprint density at radius 2 is 1.96 bits per heavy atom. The van der Waals surface area contributed by atoms with Gasteiger partial charge in [-0.1, -0.05) is 18.2 Å². The van der Waals surface area contributed by atoms with Gasteiger partial charge in [-0.15, -0.1) is 0 Å². The van der Waals surface area contributed by atoms with Gasteiger partial charge in [0.2, 0.25) is 0 Å². The highest BCUT2D eigenvalue weighted by atomic mass is 16.6.